The van der Waals surface area contributed by atoms with Crippen LogP contribution in [0, 0.1) is 13.8 Å². The first-order chi connectivity index (χ1) is 16.7. The summed E-state index contributed by atoms with van der Waals surface area (Å²) in [5.41, 5.74) is 8.43. The molecular formula is C31H22N2O. The fraction of sp³-hybridized carbons (Fsp3) is 0.0645. The summed E-state index contributed by atoms with van der Waals surface area (Å²) in [6.07, 6.45) is 0. The number of para-hydroxylation sites is 3. The standard InChI is InChI=1S/C31H22N2O/c1-19-9-7-10-20(2)29(19)33-27-18-22-12-4-3-11-21(22)17-26(27)32-31(33)25-15-8-14-24-23-13-5-6-16-28(23)34-30(24)25/h3-18H,1-2H3. The Labute approximate surface area is 196 Å². The molecule has 2 heterocycles. The second-order valence-electron chi connectivity index (χ2n) is 8.98. The minimum absolute atomic E-state index is 0.871. The highest BCUT2D eigenvalue weighted by Crippen LogP contribution is 2.39. The molecule has 0 N–H and O–H groups in total. The number of hydrogen-bond acceptors (Lipinski definition) is 2. The summed E-state index contributed by atoms with van der Waals surface area (Å²) in [5.74, 6) is 0.896. The van der Waals surface area contributed by atoms with E-state index in [9.17, 15) is 0 Å². The van der Waals surface area contributed by atoms with E-state index >= 15 is 0 Å². The van der Waals surface area contributed by atoms with Crippen LogP contribution in [0.15, 0.2) is 101 Å². The molecule has 0 spiro atoms. The minimum Gasteiger partial charge on any atom is -0.455 e. The molecule has 162 valence electrons. The first-order valence-corrected chi connectivity index (χ1v) is 11.6. The molecule has 7 rings (SSSR count). The van der Waals surface area contributed by atoms with E-state index in [0.717, 1.165) is 44.4 Å². The lowest BCUT2D eigenvalue weighted by Crippen LogP contribution is -2.02. The van der Waals surface area contributed by atoms with Gasteiger partial charge in [-0.2, -0.15) is 0 Å². The van der Waals surface area contributed by atoms with Gasteiger partial charge in [0.2, 0.25) is 0 Å². The lowest BCUT2D eigenvalue weighted by molar-refractivity contribution is 0.669. The van der Waals surface area contributed by atoms with Gasteiger partial charge in [0.1, 0.15) is 17.0 Å². The van der Waals surface area contributed by atoms with E-state index in [2.05, 4.69) is 103 Å². The van der Waals surface area contributed by atoms with Crippen molar-refractivity contribution < 1.29 is 4.42 Å². The Balaban J connectivity index is 1.65. The lowest BCUT2D eigenvalue weighted by Gasteiger charge is -2.15. The van der Waals surface area contributed by atoms with Gasteiger partial charge in [-0.3, -0.25) is 4.57 Å². The van der Waals surface area contributed by atoms with Crippen LogP contribution in [0.3, 0.4) is 0 Å². The van der Waals surface area contributed by atoms with E-state index in [0.29, 0.717) is 0 Å². The van der Waals surface area contributed by atoms with Crippen LogP contribution in [0.1, 0.15) is 11.1 Å². The molecule has 0 aliphatic carbocycles. The summed E-state index contributed by atoms with van der Waals surface area (Å²) in [7, 11) is 0. The molecule has 0 radical (unpaired) electrons. The summed E-state index contributed by atoms with van der Waals surface area (Å²) in [5, 5.41) is 4.63. The Morgan fingerprint density at radius 3 is 2.18 bits per heavy atom. The van der Waals surface area contributed by atoms with Crippen LogP contribution in [0.25, 0.3) is 60.8 Å². The molecule has 0 unspecified atom stereocenters. The van der Waals surface area contributed by atoms with Gasteiger partial charge in [-0.15, -0.1) is 0 Å². The highest BCUT2D eigenvalue weighted by Gasteiger charge is 2.21. The molecule has 0 aliphatic rings. The fourth-order valence-electron chi connectivity index (χ4n) is 5.25. The van der Waals surface area contributed by atoms with Crippen LogP contribution in [0.5, 0.6) is 0 Å². The Morgan fingerprint density at radius 2 is 1.35 bits per heavy atom. The lowest BCUT2D eigenvalue weighted by atomic mass is 10.1. The van der Waals surface area contributed by atoms with Gasteiger partial charge in [0, 0.05) is 10.8 Å². The van der Waals surface area contributed by atoms with Crippen molar-refractivity contribution in [3.05, 3.63) is 108 Å². The van der Waals surface area contributed by atoms with Crippen molar-refractivity contribution >= 4 is 43.7 Å². The van der Waals surface area contributed by atoms with Crippen molar-refractivity contribution in [2.24, 2.45) is 0 Å². The third-order valence-electron chi connectivity index (χ3n) is 6.83. The van der Waals surface area contributed by atoms with E-state index in [1.807, 2.05) is 12.1 Å². The van der Waals surface area contributed by atoms with Crippen molar-refractivity contribution in [2.45, 2.75) is 13.8 Å². The number of rotatable bonds is 2. The SMILES string of the molecule is Cc1cccc(C)c1-n1c(-c2cccc3c2oc2ccccc23)nc2cc3ccccc3cc21. The number of aromatic nitrogens is 2. The van der Waals surface area contributed by atoms with E-state index < -0.39 is 0 Å². The van der Waals surface area contributed by atoms with E-state index in [-0.39, 0.29) is 0 Å². The van der Waals surface area contributed by atoms with Crippen LogP contribution in [-0.2, 0) is 0 Å². The van der Waals surface area contributed by atoms with Gasteiger partial charge < -0.3 is 4.42 Å². The number of furan rings is 1. The number of aryl methyl sites for hydroxylation is 2. The maximum absolute atomic E-state index is 6.41. The summed E-state index contributed by atoms with van der Waals surface area (Å²) >= 11 is 0. The second kappa shape index (κ2) is 7.06. The summed E-state index contributed by atoms with van der Waals surface area (Å²) < 4.78 is 8.72. The highest BCUT2D eigenvalue weighted by atomic mass is 16.3. The van der Waals surface area contributed by atoms with Crippen molar-refractivity contribution in [3.8, 4) is 17.1 Å². The summed E-state index contributed by atoms with van der Waals surface area (Å²) in [6, 6.07) is 33.9. The minimum atomic E-state index is 0.871. The molecule has 3 nitrogen and oxygen atoms in total. The number of imidazole rings is 1. The van der Waals surface area contributed by atoms with E-state index in [1.54, 1.807) is 0 Å². The number of fused-ring (bicyclic) bond motifs is 5. The Kier molecular flexibility index (Phi) is 3.97. The summed E-state index contributed by atoms with van der Waals surface area (Å²) in [6.45, 7) is 4.33. The molecule has 7 aromatic rings. The summed E-state index contributed by atoms with van der Waals surface area (Å²) in [4.78, 5) is 5.21. The number of benzene rings is 5. The largest absolute Gasteiger partial charge is 0.455 e. The monoisotopic (exact) mass is 438 g/mol. The average Bonchev–Trinajstić information content (AvgIpc) is 3.41. The fourth-order valence-corrected chi connectivity index (χ4v) is 5.25. The van der Waals surface area contributed by atoms with E-state index in [1.165, 1.54) is 27.6 Å². The Morgan fingerprint density at radius 1 is 0.676 bits per heavy atom. The van der Waals surface area contributed by atoms with Crippen molar-refractivity contribution in [1.29, 1.82) is 0 Å². The highest BCUT2D eigenvalue weighted by molar-refractivity contribution is 6.09. The molecule has 0 bridgehead atoms. The molecule has 3 heteroatoms. The third kappa shape index (κ3) is 2.67. The normalized spacial score (nSPS) is 11.8. The van der Waals surface area contributed by atoms with Gasteiger partial charge in [-0.1, -0.05) is 72.8 Å². The molecule has 0 atom stereocenters. The van der Waals surface area contributed by atoms with Crippen molar-refractivity contribution in [2.75, 3.05) is 0 Å². The number of hydrogen-bond donors (Lipinski definition) is 0. The van der Waals surface area contributed by atoms with Gasteiger partial charge in [-0.25, -0.2) is 4.98 Å². The maximum Gasteiger partial charge on any atom is 0.149 e. The zero-order valence-corrected chi connectivity index (χ0v) is 19.0. The zero-order valence-electron chi connectivity index (χ0n) is 19.0. The van der Waals surface area contributed by atoms with Crippen LogP contribution in [0.4, 0.5) is 0 Å². The van der Waals surface area contributed by atoms with Crippen LogP contribution in [-0.4, -0.2) is 9.55 Å². The number of nitrogens with zero attached hydrogens (tertiary/aromatic N) is 2. The molecule has 34 heavy (non-hydrogen) atoms. The second-order valence-corrected chi connectivity index (χ2v) is 8.98. The molecule has 0 aliphatic heterocycles. The first-order valence-electron chi connectivity index (χ1n) is 11.6. The zero-order chi connectivity index (χ0) is 22.8. The Hall–Kier alpha value is -4.37. The maximum atomic E-state index is 6.41. The van der Waals surface area contributed by atoms with Crippen molar-refractivity contribution in [1.82, 2.24) is 9.55 Å². The third-order valence-corrected chi connectivity index (χ3v) is 6.83. The molecule has 2 aromatic heterocycles. The van der Waals surface area contributed by atoms with Gasteiger partial charge in [0.15, 0.2) is 0 Å². The predicted octanol–water partition coefficient (Wildman–Crippen LogP) is 8.36. The molecule has 0 saturated carbocycles. The molecule has 0 amide bonds. The van der Waals surface area contributed by atoms with Gasteiger partial charge >= 0.3 is 0 Å². The van der Waals surface area contributed by atoms with Crippen LogP contribution in [0.2, 0.25) is 0 Å². The topological polar surface area (TPSA) is 31.0 Å². The smallest absolute Gasteiger partial charge is 0.149 e. The molecular weight excluding hydrogens is 416 g/mol. The van der Waals surface area contributed by atoms with Gasteiger partial charge in [0.25, 0.3) is 0 Å². The Bertz CT molecular complexity index is 1870. The predicted molar refractivity (Wildman–Crippen MR) is 141 cm³/mol. The van der Waals surface area contributed by atoms with Gasteiger partial charge in [-0.05, 0) is 60.0 Å². The van der Waals surface area contributed by atoms with E-state index in [4.69, 9.17) is 9.40 Å². The molecule has 0 fully saturated rings. The van der Waals surface area contributed by atoms with Crippen LogP contribution < -0.4 is 0 Å². The van der Waals surface area contributed by atoms with Crippen molar-refractivity contribution in [3.63, 3.8) is 0 Å². The van der Waals surface area contributed by atoms with Gasteiger partial charge in [0.05, 0.1) is 22.3 Å². The quantitative estimate of drug-likeness (QED) is 0.271. The van der Waals surface area contributed by atoms with Crippen LogP contribution >= 0.6 is 0 Å². The first kappa shape index (κ1) is 19.1. The molecule has 5 aromatic carbocycles. The average molecular weight is 439 g/mol. The molecule has 0 saturated heterocycles.